The number of aliphatic carboxylic acids is 1. The van der Waals surface area contributed by atoms with Gasteiger partial charge in [-0.2, -0.15) is 5.10 Å². The van der Waals surface area contributed by atoms with Gasteiger partial charge in [0.25, 0.3) is 0 Å². The highest BCUT2D eigenvalue weighted by Gasteiger charge is 2.14. The first kappa shape index (κ1) is 9.02. The molecule has 0 amide bonds. The largest absolute Gasteiger partial charge is 0.480 e. The van der Waals surface area contributed by atoms with Crippen LogP contribution >= 0.6 is 11.6 Å². The standard InChI is InChI=1S/C6H8ClN3O2/c7-3-2-9-10-5(3)1-4(8)6(11)12/h2,4H,1,8H2,(H,9,10)(H,11,12). The molecule has 0 aliphatic carbocycles. The Morgan fingerprint density at radius 3 is 3.00 bits per heavy atom. The Morgan fingerprint density at radius 1 is 1.92 bits per heavy atom. The van der Waals surface area contributed by atoms with Gasteiger partial charge in [0.05, 0.1) is 16.9 Å². The highest BCUT2D eigenvalue weighted by molar-refractivity contribution is 6.31. The number of hydrogen-bond acceptors (Lipinski definition) is 3. The topological polar surface area (TPSA) is 92.0 Å². The summed E-state index contributed by atoms with van der Waals surface area (Å²) in [5, 5.41) is 15.1. The van der Waals surface area contributed by atoms with Crippen molar-refractivity contribution < 1.29 is 9.90 Å². The Hall–Kier alpha value is -1.07. The molecule has 0 fully saturated rings. The second-order valence-electron chi connectivity index (χ2n) is 2.35. The van der Waals surface area contributed by atoms with Crippen molar-refractivity contribution in [1.82, 2.24) is 10.2 Å². The van der Waals surface area contributed by atoms with Crippen molar-refractivity contribution >= 4 is 17.6 Å². The van der Waals surface area contributed by atoms with Gasteiger partial charge in [-0.05, 0) is 0 Å². The number of rotatable bonds is 3. The maximum Gasteiger partial charge on any atom is 0.320 e. The Morgan fingerprint density at radius 2 is 2.58 bits per heavy atom. The number of carboxylic acid groups (broad SMARTS) is 1. The fourth-order valence-electron chi connectivity index (χ4n) is 0.749. The number of nitrogens with two attached hydrogens (primary N) is 1. The molecule has 6 heteroatoms. The lowest BCUT2D eigenvalue weighted by molar-refractivity contribution is -0.138. The molecule has 1 atom stereocenters. The Labute approximate surface area is 73.5 Å². The van der Waals surface area contributed by atoms with Gasteiger partial charge in [-0.3, -0.25) is 9.89 Å². The van der Waals surface area contributed by atoms with Crippen LogP contribution in [-0.4, -0.2) is 27.3 Å². The van der Waals surface area contributed by atoms with E-state index in [-0.39, 0.29) is 6.42 Å². The zero-order valence-corrected chi connectivity index (χ0v) is 6.88. The molecule has 1 unspecified atom stereocenters. The van der Waals surface area contributed by atoms with Crippen LogP contribution in [0.25, 0.3) is 0 Å². The van der Waals surface area contributed by atoms with Crippen LogP contribution < -0.4 is 5.73 Å². The van der Waals surface area contributed by atoms with Crippen molar-refractivity contribution in [2.75, 3.05) is 0 Å². The Balaban J connectivity index is 2.64. The summed E-state index contributed by atoms with van der Waals surface area (Å²) < 4.78 is 0. The van der Waals surface area contributed by atoms with Gasteiger partial charge in [0.2, 0.25) is 0 Å². The molecule has 0 aliphatic rings. The van der Waals surface area contributed by atoms with E-state index in [1.54, 1.807) is 0 Å². The molecule has 0 aromatic carbocycles. The molecule has 5 nitrogen and oxygen atoms in total. The minimum atomic E-state index is -1.05. The lowest BCUT2D eigenvalue weighted by atomic mass is 10.2. The normalized spacial score (nSPS) is 12.8. The fraction of sp³-hybridized carbons (Fsp3) is 0.333. The predicted molar refractivity (Wildman–Crippen MR) is 42.9 cm³/mol. The van der Waals surface area contributed by atoms with E-state index in [0.29, 0.717) is 10.7 Å². The molecule has 1 rings (SSSR count). The van der Waals surface area contributed by atoms with Crippen molar-refractivity contribution in [1.29, 1.82) is 0 Å². The van der Waals surface area contributed by atoms with Crippen LogP contribution in [0.4, 0.5) is 0 Å². The van der Waals surface area contributed by atoms with Crippen LogP contribution in [0.15, 0.2) is 6.20 Å². The van der Waals surface area contributed by atoms with E-state index in [0.717, 1.165) is 0 Å². The van der Waals surface area contributed by atoms with Gasteiger partial charge in [-0.25, -0.2) is 0 Å². The van der Waals surface area contributed by atoms with Crippen molar-refractivity contribution in [2.24, 2.45) is 5.73 Å². The minimum Gasteiger partial charge on any atom is -0.480 e. The van der Waals surface area contributed by atoms with Gasteiger partial charge in [0.1, 0.15) is 6.04 Å². The summed E-state index contributed by atoms with van der Waals surface area (Å²) in [5.74, 6) is -1.05. The van der Waals surface area contributed by atoms with E-state index in [1.165, 1.54) is 6.20 Å². The number of nitrogens with one attached hydrogen (secondary N) is 1. The molecule has 66 valence electrons. The highest BCUT2D eigenvalue weighted by atomic mass is 35.5. The second-order valence-corrected chi connectivity index (χ2v) is 2.75. The van der Waals surface area contributed by atoms with Crippen molar-refractivity contribution in [3.8, 4) is 0 Å². The summed E-state index contributed by atoms with van der Waals surface area (Å²) >= 11 is 5.65. The lowest BCUT2D eigenvalue weighted by Gasteiger charge is -2.03. The predicted octanol–water partition coefficient (Wildman–Crippen LogP) is 0.0175. The number of nitrogens with zero attached hydrogens (tertiary/aromatic N) is 1. The third-order valence-corrected chi connectivity index (χ3v) is 1.73. The van der Waals surface area contributed by atoms with E-state index in [1.807, 2.05) is 0 Å². The minimum absolute atomic E-state index is 0.161. The number of aromatic amines is 1. The third kappa shape index (κ3) is 1.96. The van der Waals surface area contributed by atoms with Crippen LogP contribution in [0.1, 0.15) is 5.69 Å². The van der Waals surface area contributed by atoms with Gasteiger partial charge in [0.15, 0.2) is 0 Å². The average Bonchev–Trinajstić information content (AvgIpc) is 2.36. The van der Waals surface area contributed by atoms with Crippen LogP contribution in [-0.2, 0) is 11.2 Å². The van der Waals surface area contributed by atoms with E-state index >= 15 is 0 Å². The monoisotopic (exact) mass is 189 g/mol. The first-order chi connectivity index (χ1) is 5.61. The zero-order valence-electron chi connectivity index (χ0n) is 6.12. The SMILES string of the molecule is NC(Cc1[nH]ncc1Cl)C(=O)O. The maximum atomic E-state index is 10.3. The summed E-state index contributed by atoms with van der Waals surface area (Å²) in [4.78, 5) is 10.3. The summed E-state index contributed by atoms with van der Waals surface area (Å²) in [6, 6.07) is -0.942. The first-order valence-electron chi connectivity index (χ1n) is 3.27. The lowest BCUT2D eigenvalue weighted by Crippen LogP contribution is -2.32. The zero-order chi connectivity index (χ0) is 9.14. The molecule has 1 heterocycles. The molecule has 12 heavy (non-hydrogen) atoms. The third-order valence-electron chi connectivity index (χ3n) is 1.41. The molecule has 0 radical (unpaired) electrons. The quantitative estimate of drug-likeness (QED) is 0.625. The average molecular weight is 190 g/mol. The Bertz CT molecular complexity index is 286. The van der Waals surface area contributed by atoms with Gasteiger partial charge in [-0.15, -0.1) is 0 Å². The molecular weight excluding hydrogens is 182 g/mol. The second kappa shape index (κ2) is 3.55. The van der Waals surface area contributed by atoms with Crippen LogP contribution in [0.2, 0.25) is 5.02 Å². The van der Waals surface area contributed by atoms with E-state index in [9.17, 15) is 4.79 Å². The molecule has 4 N–H and O–H groups in total. The maximum absolute atomic E-state index is 10.3. The number of H-pyrrole nitrogens is 1. The van der Waals surface area contributed by atoms with Gasteiger partial charge < -0.3 is 10.8 Å². The number of carbonyl (C=O) groups is 1. The van der Waals surface area contributed by atoms with E-state index in [2.05, 4.69) is 10.2 Å². The van der Waals surface area contributed by atoms with E-state index in [4.69, 9.17) is 22.4 Å². The van der Waals surface area contributed by atoms with Crippen molar-refractivity contribution in [3.63, 3.8) is 0 Å². The number of aromatic nitrogens is 2. The van der Waals surface area contributed by atoms with Crippen LogP contribution in [0.5, 0.6) is 0 Å². The summed E-state index contributed by atoms with van der Waals surface area (Å²) in [7, 11) is 0. The molecule has 1 aromatic heterocycles. The molecule has 0 saturated heterocycles. The fourth-order valence-corrected chi connectivity index (χ4v) is 0.917. The van der Waals surface area contributed by atoms with E-state index < -0.39 is 12.0 Å². The number of hydrogen-bond donors (Lipinski definition) is 3. The number of carboxylic acids is 1. The van der Waals surface area contributed by atoms with Crippen molar-refractivity contribution in [2.45, 2.75) is 12.5 Å². The van der Waals surface area contributed by atoms with Crippen LogP contribution in [0, 0.1) is 0 Å². The molecular formula is C6H8ClN3O2. The summed E-state index contributed by atoms with van der Waals surface area (Å²) in [5.41, 5.74) is 5.82. The Kier molecular flexibility index (Phi) is 2.67. The molecule has 0 spiro atoms. The smallest absolute Gasteiger partial charge is 0.320 e. The molecule has 0 aliphatic heterocycles. The highest BCUT2D eigenvalue weighted by Crippen LogP contribution is 2.12. The van der Waals surface area contributed by atoms with Crippen molar-refractivity contribution in [3.05, 3.63) is 16.9 Å². The van der Waals surface area contributed by atoms with Gasteiger partial charge in [-0.1, -0.05) is 11.6 Å². The van der Waals surface area contributed by atoms with Crippen LogP contribution in [0.3, 0.4) is 0 Å². The summed E-state index contributed by atoms with van der Waals surface area (Å²) in [6.07, 6.45) is 1.57. The van der Waals surface area contributed by atoms with Gasteiger partial charge >= 0.3 is 5.97 Å². The van der Waals surface area contributed by atoms with Gasteiger partial charge in [0, 0.05) is 6.42 Å². The molecule has 0 saturated carbocycles. The molecule has 1 aromatic rings. The number of halogens is 1. The molecule has 0 bridgehead atoms. The first-order valence-corrected chi connectivity index (χ1v) is 3.65. The summed E-state index contributed by atoms with van der Waals surface area (Å²) in [6.45, 7) is 0.